The number of hydrogen-bond donors (Lipinski definition) is 1. The number of carbonyl (C=O) groups excluding carboxylic acids is 1. The van der Waals surface area contributed by atoms with Crippen LogP contribution in [0.5, 0.6) is 5.88 Å². The lowest BCUT2D eigenvalue weighted by molar-refractivity contribution is -0.132. The third-order valence-corrected chi connectivity index (χ3v) is 5.83. The topological polar surface area (TPSA) is 105 Å². The lowest BCUT2D eigenvalue weighted by Gasteiger charge is -2.35. The molecule has 4 aromatic rings. The summed E-state index contributed by atoms with van der Waals surface area (Å²) in [5.74, 6) is 1.53. The molecule has 1 aliphatic heterocycles. The number of amides is 1. The van der Waals surface area contributed by atoms with Crippen molar-refractivity contribution < 1.29 is 9.53 Å². The van der Waals surface area contributed by atoms with Crippen LogP contribution in [0.3, 0.4) is 0 Å². The monoisotopic (exact) mass is 460 g/mol. The van der Waals surface area contributed by atoms with Crippen molar-refractivity contribution in [1.29, 1.82) is 0 Å². The molecule has 5 rings (SSSR count). The Morgan fingerprint density at radius 2 is 1.97 bits per heavy atom. The SMILES string of the molecule is Cc1ccn(CC(=O)N2CCN(c3cc(-c4n[nH]c5cnc(OC(C)C)cc45)ccn3)CC2)n1. The first kappa shape index (κ1) is 21.9. The molecule has 1 amide bonds. The Kier molecular flexibility index (Phi) is 5.87. The van der Waals surface area contributed by atoms with Crippen LogP contribution in [0.1, 0.15) is 19.5 Å². The molecule has 1 fully saturated rings. The van der Waals surface area contributed by atoms with Crippen molar-refractivity contribution in [2.45, 2.75) is 33.4 Å². The average Bonchev–Trinajstić information content (AvgIpc) is 3.44. The maximum Gasteiger partial charge on any atom is 0.244 e. The molecule has 1 saturated heterocycles. The van der Waals surface area contributed by atoms with Gasteiger partial charge in [-0.05, 0) is 39.0 Å². The summed E-state index contributed by atoms with van der Waals surface area (Å²) >= 11 is 0. The Labute approximate surface area is 197 Å². The molecule has 0 atom stereocenters. The maximum atomic E-state index is 12.7. The Morgan fingerprint density at radius 3 is 2.71 bits per heavy atom. The number of ether oxygens (including phenoxy) is 1. The minimum Gasteiger partial charge on any atom is -0.475 e. The summed E-state index contributed by atoms with van der Waals surface area (Å²) in [7, 11) is 0. The van der Waals surface area contributed by atoms with Gasteiger partial charge in [-0.1, -0.05) is 0 Å². The fraction of sp³-hybridized carbons (Fsp3) is 0.375. The largest absolute Gasteiger partial charge is 0.475 e. The van der Waals surface area contributed by atoms with Gasteiger partial charge < -0.3 is 14.5 Å². The molecule has 0 radical (unpaired) electrons. The lowest BCUT2D eigenvalue weighted by atomic mass is 10.1. The van der Waals surface area contributed by atoms with Crippen LogP contribution in [-0.2, 0) is 11.3 Å². The molecule has 0 bridgehead atoms. The number of aryl methyl sites for hydroxylation is 1. The van der Waals surface area contributed by atoms with Crippen LogP contribution in [0, 0.1) is 6.92 Å². The van der Waals surface area contributed by atoms with E-state index < -0.39 is 0 Å². The number of anilines is 1. The van der Waals surface area contributed by atoms with Crippen LogP contribution in [0.2, 0.25) is 0 Å². The van der Waals surface area contributed by atoms with Crippen molar-refractivity contribution in [3.63, 3.8) is 0 Å². The van der Waals surface area contributed by atoms with Crippen LogP contribution in [-0.4, -0.2) is 73.0 Å². The van der Waals surface area contributed by atoms with Crippen LogP contribution in [0.15, 0.2) is 42.9 Å². The number of nitrogens with one attached hydrogen (secondary N) is 1. The van der Waals surface area contributed by atoms with Crippen molar-refractivity contribution in [1.82, 2.24) is 34.8 Å². The number of aromatic amines is 1. The molecule has 5 heterocycles. The van der Waals surface area contributed by atoms with Crippen molar-refractivity contribution in [3.8, 4) is 17.1 Å². The first-order valence-corrected chi connectivity index (χ1v) is 11.5. The van der Waals surface area contributed by atoms with Gasteiger partial charge in [-0.15, -0.1) is 0 Å². The summed E-state index contributed by atoms with van der Waals surface area (Å²) in [5.41, 5.74) is 3.56. The quantitative estimate of drug-likeness (QED) is 0.472. The Hall–Kier alpha value is -3.95. The predicted molar refractivity (Wildman–Crippen MR) is 129 cm³/mol. The van der Waals surface area contributed by atoms with Gasteiger partial charge >= 0.3 is 0 Å². The second-order valence-electron chi connectivity index (χ2n) is 8.73. The number of H-pyrrole nitrogens is 1. The third kappa shape index (κ3) is 4.57. The summed E-state index contributed by atoms with van der Waals surface area (Å²) < 4.78 is 7.45. The number of rotatable bonds is 6. The van der Waals surface area contributed by atoms with Gasteiger partial charge in [0.15, 0.2) is 0 Å². The molecule has 0 aromatic carbocycles. The van der Waals surface area contributed by atoms with E-state index in [1.54, 1.807) is 17.1 Å². The molecule has 0 saturated carbocycles. The number of nitrogens with zero attached hydrogens (tertiary/aromatic N) is 7. The Bertz CT molecular complexity index is 1300. The molecule has 1 aliphatic rings. The maximum absolute atomic E-state index is 12.7. The fourth-order valence-electron chi connectivity index (χ4n) is 4.14. The molecule has 0 aliphatic carbocycles. The van der Waals surface area contributed by atoms with Crippen molar-refractivity contribution in [2.75, 3.05) is 31.1 Å². The molecule has 4 aromatic heterocycles. The van der Waals surface area contributed by atoms with E-state index in [9.17, 15) is 4.79 Å². The number of piperazine rings is 1. The van der Waals surface area contributed by atoms with E-state index in [2.05, 4.69) is 30.2 Å². The summed E-state index contributed by atoms with van der Waals surface area (Å²) in [6.45, 7) is 8.88. The zero-order valence-corrected chi connectivity index (χ0v) is 19.6. The molecule has 10 nitrogen and oxygen atoms in total. The van der Waals surface area contributed by atoms with Crippen LogP contribution >= 0.6 is 0 Å². The highest BCUT2D eigenvalue weighted by molar-refractivity contribution is 5.93. The molecule has 0 spiro atoms. The highest BCUT2D eigenvalue weighted by atomic mass is 16.5. The summed E-state index contributed by atoms with van der Waals surface area (Å²) in [4.78, 5) is 25.7. The summed E-state index contributed by atoms with van der Waals surface area (Å²) in [6.07, 6.45) is 5.43. The van der Waals surface area contributed by atoms with Gasteiger partial charge in [-0.2, -0.15) is 10.2 Å². The van der Waals surface area contributed by atoms with Crippen LogP contribution < -0.4 is 9.64 Å². The number of pyridine rings is 2. The molecular weight excluding hydrogens is 432 g/mol. The third-order valence-electron chi connectivity index (χ3n) is 5.83. The second-order valence-corrected chi connectivity index (χ2v) is 8.73. The van der Waals surface area contributed by atoms with E-state index in [-0.39, 0.29) is 18.6 Å². The summed E-state index contributed by atoms with van der Waals surface area (Å²) in [5, 5.41) is 12.8. The van der Waals surface area contributed by atoms with E-state index in [1.165, 1.54) is 0 Å². The van der Waals surface area contributed by atoms with Gasteiger partial charge in [0.1, 0.15) is 18.1 Å². The average molecular weight is 461 g/mol. The fourth-order valence-corrected chi connectivity index (χ4v) is 4.14. The summed E-state index contributed by atoms with van der Waals surface area (Å²) in [6, 6.07) is 7.82. The van der Waals surface area contributed by atoms with E-state index in [0.717, 1.165) is 46.8 Å². The molecule has 1 N–H and O–H groups in total. The molecule has 10 heteroatoms. The zero-order chi connectivity index (χ0) is 23.7. The Balaban J connectivity index is 1.29. The van der Waals surface area contributed by atoms with E-state index in [4.69, 9.17) is 4.74 Å². The molecule has 34 heavy (non-hydrogen) atoms. The predicted octanol–water partition coefficient (Wildman–Crippen LogP) is 2.66. The minimum atomic E-state index is 0.0436. The second kappa shape index (κ2) is 9.12. The first-order valence-electron chi connectivity index (χ1n) is 11.5. The van der Waals surface area contributed by atoms with E-state index in [0.29, 0.717) is 19.0 Å². The molecular formula is C24H28N8O2. The van der Waals surface area contributed by atoms with Gasteiger partial charge in [0.2, 0.25) is 11.8 Å². The van der Waals surface area contributed by atoms with Gasteiger partial charge in [0, 0.05) is 55.6 Å². The normalized spacial score (nSPS) is 14.2. The van der Waals surface area contributed by atoms with Gasteiger partial charge in [0.25, 0.3) is 0 Å². The number of fused-ring (bicyclic) bond motifs is 1. The number of aromatic nitrogens is 6. The molecule has 176 valence electrons. The minimum absolute atomic E-state index is 0.0436. The van der Waals surface area contributed by atoms with E-state index in [1.807, 2.05) is 56.1 Å². The standard InChI is InChI=1S/C24H28N8O2/c1-16(2)34-22-13-19-20(14-26-22)27-28-24(19)18-4-6-25-21(12-18)30-8-10-31(11-9-30)23(33)15-32-7-5-17(3)29-32/h4-7,12-14,16H,8-11,15H2,1-3H3,(H,27,28). The van der Waals surface area contributed by atoms with Crippen molar-refractivity contribution in [3.05, 3.63) is 48.5 Å². The van der Waals surface area contributed by atoms with Crippen molar-refractivity contribution in [2.24, 2.45) is 0 Å². The van der Waals surface area contributed by atoms with Gasteiger partial charge in [-0.3, -0.25) is 14.6 Å². The zero-order valence-electron chi connectivity index (χ0n) is 19.6. The smallest absolute Gasteiger partial charge is 0.244 e. The highest BCUT2D eigenvalue weighted by Crippen LogP contribution is 2.30. The first-order chi connectivity index (χ1) is 16.5. The lowest BCUT2D eigenvalue weighted by Crippen LogP contribution is -2.49. The van der Waals surface area contributed by atoms with Crippen LogP contribution in [0.4, 0.5) is 5.82 Å². The van der Waals surface area contributed by atoms with Crippen LogP contribution in [0.25, 0.3) is 22.2 Å². The molecule has 0 unspecified atom stereocenters. The number of hydrogen-bond acceptors (Lipinski definition) is 7. The number of carbonyl (C=O) groups is 1. The highest BCUT2D eigenvalue weighted by Gasteiger charge is 2.23. The van der Waals surface area contributed by atoms with Crippen molar-refractivity contribution >= 4 is 22.6 Å². The van der Waals surface area contributed by atoms with Gasteiger partial charge in [-0.25, -0.2) is 9.97 Å². The van der Waals surface area contributed by atoms with E-state index >= 15 is 0 Å². The van der Waals surface area contributed by atoms with Gasteiger partial charge in [0.05, 0.1) is 23.5 Å². The Morgan fingerprint density at radius 1 is 1.15 bits per heavy atom.